The summed E-state index contributed by atoms with van der Waals surface area (Å²) >= 11 is 5.99. The van der Waals surface area contributed by atoms with Crippen LogP contribution >= 0.6 is 11.6 Å². The Morgan fingerprint density at radius 3 is 2.60 bits per heavy atom. The van der Waals surface area contributed by atoms with Crippen molar-refractivity contribution in [3.05, 3.63) is 28.5 Å². The molecule has 0 aliphatic heterocycles. The SMILES string of the molecule is CCCCCC(C)NC(=O)c1cc(Cl)nc(C(C)C)c1. The van der Waals surface area contributed by atoms with Crippen molar-refractivity contribution >= 4 is 17.5 Å². The highest BCUT2D eigenvalue weighted by molar-refractivity contribution is 6.29. The Hall–Kier alpha value is -1.09. The van der Waals surface area contributed by atoms with Crippen molar-refractivity contribution in [1.29, 1.82) is 0 Å². The molecule has 1 amide bonds. The molecule has 0 saturated carbocycles. The number of unbranched alkanes of at least 4 members (excludes halogenated alkanes) is 2. The fourth-order valence-corrected chi connectivity index (χ4v) is 2.24. The van der Waals surface area contributed by atoms with E-state index in [1.165, 1.54) is 12.8 Å². The Balaban J connectivity index is 2.67. The molecule has 0 bridgehead atoms. The molecule has 1 rings (SSSR count). The number of rotatable bonds is 7. The maximum Gasteiger partial charge on any atom is 0.251 e. The summed E-state index contributed by atoms with van der Waals surface area (Å²) in [7, 11) is 0. The number of hydrogen-bond acceptors (Lipinski definition) is 2. The third-order valence-electron chi connectivity index (χ3n) is 3.29. The molecule has 0 saturated heterocycles. The van der Waals surface area contributed by atoms with Gasteiger partial charge in [0.2, 0.25) is 0 Å². The molecule has 0 aliphatic carbocycles. The van der Waals surface area contributed by atoms with E-state index in [0.29, 0.717) is 10.7 Å². The molecule has 0 radical (unpaired) electrons. The number of amides is 1. The first-order chi connectivity index (χ1) is 9.43. The Bertz CT molecular complexity index is 446. The maximum atomic E-state index is 12.2. The van der Waals surface area contributed by atoms with E-state index in [-0.39, 0.29) is 17.9 Å². The van der Waals surface area contributed by atoms with E-state index >= 15 is 0 Å². The van der Waals surface area contributed by atoms with Crippen LogP contribution < -0.4 is 5.32 Å². The van der Waals surface area contributed by atoms with E-state index in [9.17, 15) is 4.79 Å². The van der Waals surface area contributed by atoms with Gasteiger partial charge in [-0.2, -0.15) is 0 Å². The van der Waals surface area contributed by atoms with Gasteiger partial charge in [0.05, 0.1) is 0 Å². The summed E-state index contributed by atoms with van der Waals surface area (Å²) in [6, 6.07) is 3.63. The number of hydrogen-bond donors (Lipinski definition) is 1. The molecular formula is C16H25ClN2O. The van der Waals surface area contributed by atoms with Gasteiger partial charge in [0.25, 0.3) is 5.91 Å². The van der Waals surface area contributed by atoms with Crippen LogP contribution in [0.1, 0.15) is 75.3 Å². The fraction of sp³-hybridized carbons (Fsp3) is 0.625. The van der Waals surface area contributed by atoms with E-state index in [0.717, 1.165) is 18.5 Å². The summed E-state index contributed by atoms with van der Waals surface area (Å²) in [6.07, 6.45) is 4.55. The highest BCUT2D eigenvalue weighted by atomic mass is 35.5. The van der Waals surface area contributed by atoms with Crippen molar-refractivity contribution in [1.82, 2.24) is 10.3 Å². The number of nitrogens with zero attached hydrogens (tertiary/aromatic N) is 1. The van der Waals surface area contributed by atoms with Gasteiger partial charge in [-0.25, -0.2) is 4.98 Å². The predicted molar refractivity (Wildman–Crippen MR) is 84.4 cm³/mol. The average Bonchev–Trinajstić information content (AvgIpc) is 2.38. The Labute approximate surface area is 127 Å². The lowest BCUT2D eigenvalue weighted by Crippen LogP contribution is -2.32. The van der Waals surface area contributed by atoms with Crippen molar-refractivity contribution in [2.24, 2.45) is 0 Å². The van der Waals surface area contributed by atoms with E-state index in [1.54, 1.807) is 6.07 Å². The van der Waals surface area contributed by atoms with Gasteiger partial charge in [0, 0.05) is 17.3 Å². The lowest BCUT2D eigenvalue weighted by atomic mass is 10.1. The van der Waals surface area contributed by atoms with Crippen molar-refractivity contribution in [2.45, 2.75) is 65.3 Å². The minimum Gasteiger partial charge on any atom is -0.350 e. The van der Waals surface area contributed by atoms with Crippen LogP contribution in [0.25, 0.3) is 0 Å². The van der Waals surface area contributed by atoms with E-state index < -0.39 is 0 Å². The number of halogens is 1. The summed E-state index contributed by atoms with van der Waals surface area (Å²) in [5.74, 6) is 0.183. The Morgan fingerprint density at radius 2 is 2.00 bits per heavy atom. The third-order valence-corrected chi connectivity index (χ3v) is 3.48. The normalized spacial score (nSPS) is 12.5. The standard InChI is InChI=1S/C16H25ClN2O/c1-5-6-7-8-12(4)18-16(20)13-9-14(11(2)3)19-15(17)10-13/h9-12H,5-8H2,1-4H3,(H,18,20). The molecule has 0 spiro atoms. The zero-order chi connectivity index (χ0) is 15.1. The minimum atomic E-state index is -0.0693. The quantitative estimate of drug-likeness (QED) is 0.592. The van der Waals surface area contributed by atoms with Gasteiger partial charge in [-0.15, -0.1) is 0 Å². The van der Waals surface area contributed by atoms with Crippen molar-refractivity contribution in [3.8, 4) is 0 Å². The van der Waals surface area contributed by atoms with Gasteiger partial charge in [-0.3, -0.25) is 4.79 Å². The Morgan fingerprint density at radius 1 is 1.30 bits per heavy atom. The molecule has 1 heterocycles. The Kier molecular flexibility index (Phi) is 7.00. The highest BCUT2D eigenvalue weighted by Crippen LogP contribution is 2.18. The molecule has 1 aromatic heterocycles. The summed E-state index contributed by atoms with van der Waals surface area (Å²) in [4.78, 5) is 16.5. The van der Waals surface area contributed by atoms with Gasteiger partial charge >= 0.3 is 0 Å². The predicted octanol–water partition coefficient (Wildman–Crippen LogP) is 4.56. The largest absolute Gasteiger partial charge is 0.350 e. The zero-order valence-corrected chi connectivity index (χ0v) is 13.6. The van der Waals surface area contributed by atoms with E-state index in [2.05, 4.69) is 17.2 Å². The molecule has 4 heteroatoms. The molecule has 1 unspecified atom stereocenters. The van der Waals surface area contributed by atoms with Crippen molar-refractivity contribution in [3.63, 3.8) is 0 Å². The number of nitrogens with one attached hydrogen (secondary N) is 1. The van der Waals surface area contributed by atoms with Gasteiger partial charge in [-0.1, -0.05) is 51.6 Å². The van der Waals surface area contributed by atoms with Crippen LogP contribution in [-0.2, 0) is 0 Å². The van der Waals surface area contributed by atoms with Crippen molar-refractivity contribution in [2.75, 3.05) is 0 Å². The summed E-state index contributed by atoms with van der Waals surface area (Å²) in [5, 5.41) is 3.40. The smallest absolute Gasteiger partial charge is 0.251 e. The van der Waals surface area contributed by atoms with E-state index in [4.69, 9.17) is 11.6 Å². The molecule has 0 aromatic carbocycles. The van der Waals surface area contributed by atoms with Gasteiger partial charge < -0.3 is 5.32 Å². The maximum absolute atomic E-state index is 12.2. The van der Waals surface area contributed by atoms with Crippen LogP contribution in [0.15, 0.2) is 12.1 Å². The molecule has 112 valence electrons. The first-order valence-corrected chi connectivity index (χ1v) is 7.80. The number of carbonyl (C=O) groups is 1. The second-order valence-corrected chi connectivity index (χ2v) is 6.02. The number of carbonyl (C=O) groups excluding carboxylic acids is 1. The second kappa shape index (κ2) is 8.25. The molecule has 0 fully saturated rings. The summed E-state index contributed by atoms with van der Waals surface area (Å²) in [6.45, 7) is 8.29. The van der Waals surface area contributed by atoms with Crippen LogP contribution in [0, 0.1) is 0 Å². The van der Waals surface area contributed by atoms with Crippen LogP contribution in [0.2, 0.25) is 5.15 Å². The van der Waals surface area contributed by atoms with Crippen LogP contribution in [0.4, 0.5) is 0 Å². The monoisotopic (exact) mass is 296 g/mol. The number of pyridine rings is 1. The highest BCUT2D eigenvalue weighted by Gasteiger charge is 2.13. The third kappa shape index (κ3) is 5.49. The van der Waals surface area contributed by atoms with Crippen molar-refractivity contribution < 1.29 is 4.79 Å². The topological polar surface area (TPSA) is 42.0 Å². The van der Waals surface area contributed by atoms with Crippen LogP contribution in [-0.4, -0.2) is 16.9 Å². The fourth-order valence-electron chi connectivity index (χ4n) is 2.02. The lowest BCUT2D eigenvalue weighted by Gasteiger charge is -2.14. The molecule has 1 atom stereocenters. The van der Waals surface area contributed by atoms with Gasteiger partial charge in [0.1, 0.15) is 5.15 Å². The number of aromatic nitrogens is 1. The second-order valence-electron chi connectivity index (χ2n) is 5.63. The van der Waals surface area contributed by atoms with Crippen LogP contribution in [0.5, 0.6) is 0 Å². The average molecular weight is 297 g/mol. The summed E-state index contributed by atoms with van der Waals surface area (Å²) in [5.41, 5.74) is 1.44. The van der Waals surface area contributed by atoms with Gasteiger partial charge in [0.15, 0.2) is 0 Å². The van der Waals surface area contributed by atoms with E-state index in [1.807, 2.05) is 26.8 Å². The van der Waals surface area contributed by atoms with Gasteiger partial charge in [-0.05, 0) is 31.4 Å². The minimum absolute atomic E-state index is 0.0693. The molecular weight excluding hydrogens is 272 g/mol. The zero-order valence-electron chi connectivity index (χ0n) is 12.9. The lowest BCUT2D eigenvalue weighted by molar-refractivity contribution is 0.0937. The van der Waals surface area contributed by atoms with Crippen LogP contribution in [0.3, 0.4) is 0 Å². The molecule has 3 nitrogen and oxygen atoms in total. The molecule has 1 aromatic rings. The molecule has 0 aliphatic rings. The first kappa shape index (κ1) is 17.0. The summed E-state index contributed by atoms with van der Waals surface area (Å²) < 4.78 is 0. The first-order valence-electron chi connectivity index (χ1n) is 7.42. The molecule has 20 heavy (non-hydrogen) atoms. The molecule has 1 N–H and O–H groups in total.